The third-order valence-corrected chi connectivity index (χ3v) is 6.60. The van der Waals surface area contributed by atoms with Crippen molar-refractivity contribution in [3.8, 4) is 11.5 Å². The number of H-pyrrole nitrogens is 3. The number of carboxylic acids is 1. The van der Waals surface area contributed by atoms with Gasteiger partial charge in [0.1, 0.15) is 12.4 Å². The average Bonchev–Trinajstić information content (AvgIpc) is 3.42. The Morgan fingerprint density at radius 1 is 1.07 bits per heavy atom. The van der Waals surface area contributed by atoms with Gasteiger partial charge in [-0.05, 0) is 30.7 Å². The molecule has 12 nitrogen and oxygen atoms in total. The Hall–Kier alpha value is -5.52. The molecule has 42 heavy (non-hydrogen) atoms. The molecule has 5 rings (SSSR count). The number of hydrogen-bond donors (Lipinski definition) is 4. The molecule has 5 aromatic rings. The summed E-state index contributed by atoms with van der Waals surface area (Å²) in [5, 5.41) is 15.1. The SMILES string of the molecule is Cc1cn(CC(CC(=O)O)NC(=O)OCc2ccccc2)c(=O)nc1NCc1ccc(-c2[nH]c3ccccc3[nH+]2)[nH+]c1. The highest BCUT2D eigenvalue weighted by Crippen LogP contribution is 2.14. The van der Waals surface area contributed by atoms with Gasteiger partial charge in [0.05, 0.1) is 12.5 Å². The molecule has 0 fully saturated rings. The number of amides is 1. The van der Waals surface area contributed by atoms with Crippen LogP contribution in [-0.2, 0) is 29.2 Å². The van der Waals surface area contributed by atoms with E-state index < -0.39 is 30.2 Å². The number of fused-ring (bicyclic) bond motifs is 1. The number of benzene rings is 2. The number of aromatic nitrogens is 5. The number of imidazole rings is 1. The lowest BCUT2D eigenvalue weighted by Gasteiger charge is -2.19. The van der Waals surface area contributed by atoms with E-state index in [1.807, 2.05) is 72.9 Å². The number of hydrogen-bond acceptors (Lipinski definition) is 6. The number of aryl methyl sites for hydroxylation is 1. The highest BCUT2D eigenvalue weighted by Gasteiger charge is 2.20. The molecular weight excluding hydrogens is 538 g/mol. The molecule has 0 saturated heterocycles. The number of para-hydroxylation sites is 2. The molecule has 214 valence electrons. The molecule has 0 spiro atoms. The van der Waals surface area contributed by atoms with Gasteiger partial charge < -0.3 is 20.5 Å². The van der Waals surface area contributed by atoms with E-state index in [2.05, 4.69) is 30.6 Å². The van der Waals surface area contributed by atoms with Gasteiger partial charge in [-0.3, -0.25) is 9.36 Å². The van der Waals surface area contributed by atoms with E-state index >= 15 is 0 Å². The maximum atomic E-state index is 12.8. The van der Waals surface area contributed by atoms with Crippen LogP contribution in [0.15, 0.2) is 83.9 Å². The fourth-order valence-corrected chi connectivity index (χ4v) is 4.49. The number of carboxylic acid groups (broad SMARTS) is 1. The molecule has 0 aliphatic heterocycles. The monoisotopic (exact) mass is 569 g/mol. The molecule has 1 unspecified atom stereocenters. The predicted octanol–water partition coefficient (Wildman–Crippen LogP) is 2.71. The van der Waals surface area contributed by atoms with E-state index in [1.54, 1.807) is 13.1 Å². The number of anilines is 1. The highest BCUT2D eigenvalue weighted by atomic mass is 16.5. The zero-order chi connectivity index (χ0) is 29.5. The van der Waals surface area contributed by atoms with E-state index in [9.17, 15) is 19.5 Å². The Kier molecular flexibility index (Phi) is 8.52. The van der Waals surface area contributed by atoms with Gasteiger partial charge in [0.2, 0.25) is 0 Å². The summed E-state index contributed by atoms with van der Waals surface area (Å²) < 4.78 is 6.49. The fourth-order valence-electron chi connectivity index (χ4n) is 4.49. The van der Waals surface area contributed by atoms with Gasteiger partial charge in [-0.25, -0.2) is 24.5 Å². The predicted molar refractivity (Wildman–Crippen MR) is 153 cm³/mol. The van der Waals surface area contributed by atoms with Crippen molar-refractivity contribution in [3.63, 3.8) is 0 Å². The van der Waals surface area contributed by atoms with Crippen molar-refractivity contribution in [2.75, 3.05) is 5.32 Å². The van der Waals surface area contributed by atoms with Crippen molar-refractivity contribution in [3.05, 3.63) is 106 Å². The zero-order valence-corrected chi connectivity index (χ0v) is 22.9. The Bertz CT molecular complexity index is 1720. The summed E-state index contributed by atoms with van der Waals surface area (Å²) in [6, 6.07) is 20.1. The molecule has 1 atom stereocenters. The number of rotatable bonds is 11. The Balaban J connectivity index is 1.20. The quantitative estimate of drug-likeness (QED) is 0.190. The number of aromatic amines is 3. The number of aliphatic carboxylic acids is 1. The second-order valence-electron chi connectivity index (χ2n) is 9.84. The summed E-state index contributed by atoms with van der Waals surface area (Å²) in [6.07, 6.45) is 2.29. The number of nitrogens with one attached hydrogen (secondary N) is 5. The number of carbonyl (C=O) groups excluding carboxylic acids is 1. The Morgan fingerprint density at radius 2 is 1.86 bits per heavy atom. The van der Waals surface area contributed by atoms with Gasteiger partial charge in [0.25, 0.3) is 5.69 Å². The van der Waals surface area contributed by atoms with Crippen molar-refractivity contribution in [1.82, 2.24) is 19.9 Å². The fraction of sp³-hybridized carbons (Fsp3) is 0.200. The van der Waals surface area contributed by atoms with Crippen LogP contribution < -0.4 is 26.3 Å². The topological polar surface area (TPSA) is 167 Å². The highest BCUT2D eigenvalue weighted by molar-refractivity contribution is 5.73. The van der Waals surface area contributed by atoms with Crippen LogP contribution in [0.3, 0.4) is 0 Å². The van der Waals surface area contributed by atoms with Crippen LogP contribution in [0.2, 0.25) is 0 Å². The number of alkyl carbamates (subject to hydrolysis) is 1. The van der Waals surface area contributed by atoms with Gasteiger partial charge >= 0.3 is 23.6 Å². The first kappa shape index (κ1) is 28.0. The summed E-state index contributed by atoms with van der Waals surface area (Å²) in [7, 11) is 0. The normalized spacial score (nSPS) is 11.6. The molecule has 3 aromatic heterocycles. The van der Waals surface area contributed by atoms with E-state index in [0.29, 0.717) is 17.9 Å². The summed E-state index contributed by atoms with van der Waals surface area (Å²) in [5.74, 6) is 0.149. The van der Waals surface area contributed by atoms with Crippen LogP contribution in [0.25, 0.3) is 22.6 Å². The van der Waals surface area contributed by atoms with Gasteiger partial charge in [0, 0.05) is 36.5 Å². The minimum absolute atomic E-state index is 0.0371. The van der Waals surface area contributed by atoms with Crippen LogP contribution in [0.5, 0.6) is 0 Å². The molecule has 2 aromatic carbocycles. The number of nitrogens with zero attached hydrogens (tertiary/aromatic N) is 2. The van der Waals surface area contributed by atoms with E-state index in [-0.39, 0.29) is 13.2 Å². The molecule has 0 aliphatic carbocycles. The minimum Gasteiger partial charge on any atom is -0.481 e. The van der Waals surface area contributed by atoms with Gasteiger partial charge in [-0.15, -0.1) is 0 Å². The van der Waals surface area contributed by atoms with Crippen molar-refractivity contribution in [2.24, 2.45) is 0 Å². The third kappa shape index (κ3) is 7.16. The van der Waals surface area contributed by atoms with Crippen LogP contribution in [0, 0.1) is 6.92 Å². The van der Waals surface area contributed by atoms with Crippen molar-refractivity contribution < 1.29 is 29.4 Å². The second-order valence-corrected chi connectivity index (χ2v) is 9.84. The van der Waals surface area contributed by atoms with Crippen LogP contribution >= 0.6 is 0 Å². The number of pyridine rings is 1. The maximum Gasteiger partial charge on any atom is 0.407 e. The van der Waals surface area contributed by atoms with Crippen molar-refractivity contribution in [1.29, 1.82) is 0 Å². The Morgan fingerprint density at radius 3 is 2.60 bits per heavy atom. The molecular formula is C30H31N7O5+2. The molecule has 12 heteroatoms. The lowest BCUT2D eigenvalue weighted by molar-refractivity contribution is -0.390. The minimum atomic E-state index is -1.12. The lowest BCUT2D eigenvalue weighted by Crippen LogP contribution is -2.42. The van der Waals surface area contributed by atoms with E-state index in [4.69, 9.17) is 4.74 Å². The molecule has 6 N–H and O–H groups in total. The van der Waals surface area contributed by atoms with Gasteiger partial charge in [-0.2, -0.15) is 4.98 Å². The first-order valence-electron chi connectivity index (χ1n) is 13.4. The van der Waals surface area contributed by atoms with Crippen molar-refractivity contribution in [2.45, 2.75) is 39.1 Å². The molecule has 0 bridgehead atoms. The van der Waals surface area contributed by atoms with Crippen LogP contribution in [0.1, 0.15) is 23.1 Å². The zero-order valence-electron chi connectivity index (χ0n) is 22.9. The summed E-state index contributed by atoms with van der Waals surface area (Å²) in [6.45, 7) is 2.16. The third-order valence-electron chi connectivity index (χ3n) is 6.60. The summed E-state index contributed by atoms with van der Waals surface area (Å²) in [5.41, 5.74) is 4.76. The molecule has 0 aliphatic rings. The molecule has 1 amide bonds. The smallest absolute Gasteiger partial charge is 0.407 e. The Labute approximate surface area is 240 Å². The summed E-state index contributed by atoms with van der Waals surface area (Å²) in [4.78, 5) is 50.7. The molecule has 0 saturated carbocycles. The second kappa shape index (κ2) is 12.8. The first-order valence-corrected chi connectivity index (χ1v) is 13.4. The van der Waals surface area contributed by atoms with Crippen LogP contribution in [0.4, 0.5) is 10.6 Å². The maximum absolute atomic E-state index is 12.8. The lowest BCUT2D eigenvalue weighted by atomic mass is 10.2. The largest absolute Gasteiger partial charge is 0.481 e. The average molecular weight is 570 g/mol. The number of carbonyl (C=O) groups is 2. The number of ether oxygens (including phenoxy) is 1. The molecule has 3 heterocycles. The molecule has 0 radical (unpaired) electrons. The first-order chi connectivity index (χ1) is 20.3. The van der Waals surface area contributed by atoms with Gasteiger partial charge in [-0.1, -0.05) is 42.5 Å². The van der Waals surface area contributed by atoms with E-state index in [1.165, 1.54) is 4.57 Å². The van der Waals surface area contributed by atoms with Crippen LogP contribution in [-0.4, -0.2) is 37.7 Å². The van der Waals surface area contributed by atoms with Crippen molar-refractivity contribution >= 4 is 28.9 Å². The van der Waals surface area contributed by atoms with E-state index in [0.717, 1.165) is 33.7 Å². The summed E-state index contributed by atoms with van der Waals surface area (Å²) >= 11 is 0. The van der Waals surface area contributed by atoms with Gasteiger partial charge in [0.15, 0.2) is 17.2 Å². The standard InChI is InChI=1S/C30H29N7O5/c1-19-16-37(17-22(13-26(38)39)33-30(41)42-18-20-7-3-2-4-8-20)29(40)36-27(19)32-15-21-11-12-25(31-14-21)28-34-23-9-5-6-10-24(23)35-28/h2-12,14,16,22H,13,15,17-18H2,1H3,(H,33,41)(H,34,35)(H,38,39)(H,32,36,40)/p+2.